The minimum Gasteiger partial charge on any atom is -0.293 e. The van der Waals surface area contributed by atoms with E-state index in [2.05, 4.69) is 0 Å². The second kappa shape index (κ2) is 4.55. The maximum Gasteiger partial charge on any atom is 0.211 e. The van der Waals surface area contributed by atoms with Gasteiger partial charge in [-0.1, -0.05) is 30.3 Å². The van der Waals surface area contributed by atoms with Crippen LogP contribution in [0.4, 0.5) is 0 Å². The van der Waals surface area contributed by atoms with E-state index in [0.717, 1.165) is 10.6 Å². The van der Waals surface area contributed by atoms with Gasteiger partial charge in [-0.05, 0) is 0 Å². The Balaban J connectivity index is 2.74. The van der Waals surface area contributed by atoms with Gasteiger partial charge in [-0.2, -0.15) is 4.31 Å². The molecule has 15 heavy (non-hydrogen) atoms. The average Bonchev–Trinajstić information content (AvgIpc) is 2.17. The fraction of sp³-hybridized carbons (Fsp3) is 0.300. The number of sulfonamides is 1. The van der Waals surface area contributed by atoms with Crippen molar-refractivity contribution in [3.05, 3.63) is 35.9 Å². The first-order valence-electron chi connectivity index (χ1n) is 4.41. The lowest BCUT2D eigenvalue weighted by molar-refractivity contribution is 0.0973. The number of hydrogen-bond donors (Lipinski definition) is 0. The van der Waals surface area contributed by atoms with Crippen molar-refractivity contribution < 1.29 is 13.2 Å². The Kier molecular flexibility index (Phi) is 3.60. The molecule has 4 nitrogen and oxygen atoms in total. The number of carbonyl (C=O) groups is 1. The largest absolute Gasteiger partial charge is 0.293 e. The number of Topliss-reactive ketones (excluding diaryl/α,β-unsaturated/α-hetero) is 1. The monoisotopic (exact) mass is 227 g/mol. The van der Waals surface area contributed by atoms with Gasteiger partial charge in [0.2, 0.25) is 10.0 Å². The Hall–Kier alpha value is -1.20. The van der Waals surface area contributed by atoms with Crippen molar-refractivity contribution in [2.75, 3.05) is 19.8 Å². The van der Waals surface area contributed by atoms with Crippen LogP contribution in [0.25, 0.3) is 0 Å². The smallest absolute Gasteiger partial charge is 0.211 e. The zero-order valence-corrected chi connectivity index (χ0v) is 9.49. The molecular formula is C10H13NO3S. The van der Waals surface area contributed by atoms with Gasteiger partial charge in [-0.15, -0.1) is 0 Å². The molecule has 1 aromatic rings. The van der Waals surface area contributed by atoms with E-state index in [9.17, 15) is 13.2 Å². The van der Waals surface area contributed by atoms with Crippen molar-refractivity contribution in [3.63, 3.8) is 0 Å². The summed E-state index contributed by atoms with van der Waals surface area (Å²) in [7, 11) is -1.91. The van der Waals surface area contributed by atoms with Crippen molar-refractivity contribution >= 4 is 15.8 Å². The van der Waals surface area contributed by atoms with Gasteiger partial charge in [0.15, 0.2) is 5.78 Å². The van der Waals surface area contributed by atoms with Gasteiger partial charge < -0.3 is 0 Å². The van der Waals surface area contributed by atoms with Gasteiger partial charge in [-0.3, -0.25) is 4.79 Å². The molecule has 0 N–H and O–H groups in total. The summed E-state index contributed by atoms with van der Waals surface area (Å²) < 4.78 is 23.2. The SMILES string of the molecule is CN(CC(=O)c1ccccc1)S(C)(=O)=O. The van der Waals surface area contributed by atoms with Gasteiger partial charge in [0.05, 0.1) is 12.8 Å². The third kappa shape index (κ3) is 3.45. The highest BCUT2D eigenvalue weighted by Crippen LogP contribution is 2.02. The van der Waals surface area contributed by atoms with E-state index < -0.39 is 10.0 Å². The summed E-state index contributed by atoms with van der Waals surface area (Å²) in [5.74, 6) is -0.205. The molecule has 0 bridgehead atoms. The van der Waals surface area contributed by atoms with Crippen molar-refractivity contribution in [1.82, 2.24) is 4.31 Å². The maximum absolute atomic E-state index is 11.6. The Labute approximate surface area is 89.6 Å². The minimum absolute atomic E-state index is 0.122. The van der Waals surface area contributed by atoms with E-state index in [0.29, 0.717) is 5.56 Å². The Morgan fingerprint density at radius 2 is 1.80 bits per heavy atom. The highest BCUT2D eigenvalue weighted by molar-refractivity contribution is 7.88. The molecule has 0 fully saturated rings. The zero-order chi connectivity index (χ0) is 11.5. The third-order valence-corrected chi connectivity index (χ3v) is 3.29. The van der Waals surface area contributed by atoms with E-state index in [1.165, 1.54) is 7.05 Å². The first-order chi connectivity index (χ1) is 6.91. The van der Waals surface area contributed by atoms with Crippen molar-refractivity contribution in [2.45, 2.75) is 0 Å². The summed E-state index contributed by atoms with van der Waals surface area (Å²) >= 11 is 0. The molecule has 0 amide bonds. The zero-order valence-electron chi connectivity index (χ0n) is 8.67. The molecule has 0 unspecified atom stereocenters. The third-order valence-electron chi connectivity index (χ3n) is 2.03. The predicted molar refractivity (Wildman–Crippen MR) is 58.2 cm³/mol. The first kappa shape index (κ1) is 11.9. The number of benzene rings is 1. The maximum atomic E-state index is 11.6. The van der Waals surface area contributed by atoms with Gasteiger partial charge in [0, 0.05) is 12.6 Å². The molecule has 0 aliphatic heterocycles. The van der Waals surface area contributed by atoms with Crippen LogP contribution in [0.5, 0.6) is 0 Å². The Morgan fingerprint density at radius 3 is 2.27 bits per heavy atom. The fourth-order valence-corrected chi connectivity index (χ4v) is 1.39. The summed E-state index contributed by atoms with van der Waals surface area (Å²) in [6, 6.07) is 8.62. The van der Waals surface area contributed by atoms with Crippen LogP contribution in [0.15, 0.2) is 30.3 Å². The lowest BCUT2D eigenvalue weighted by Gasteiger charge is -2.12. The molecule has 5 heteroatoms. The van der Waals surface area contributed by atoms with Gasteiger partial charge in [-0.25, -0.2) is 8.42 Å². The van der Waals surface area contributed by atoms with Gasteiger partial charge in [0.25, 0.3) is 0 Å². The highest BCUT2D eigenvalue weighted by Gasteiger charge is 2.15. The molecule has 82 valence electrons. The highest BCUT2D eigenvalue weighted by atomic mass is 32.2. The van der Waals surface area contributed by atoms with Crippen LogP contribution in [0.3, 0.4) is 0 Å². The average molecular weight is 227 g/mol. The van der Waals surface area contributed by atoms with E-state index in [-0.39, 0.29) is 12.3 Å². The number of carbonyl (C=O) groups excluding carboxylic acids is 1. The molecule has 0 aliphatic rings. The molecular weight excluding hydrogens is 214 g/mol. The molecule has 0 spiro atoms. The van der Waals surface area contributed by atoms with Crippen molar-refractivity contribution in [1.29, 1.82) is 0 Å². The lowest BCUT2D eigenvalue weighted by Crippen LogP contribution is -2.31. The molecule has 0 radical (unpaired) electrons. The summed E-state index contributed by atoms with van der Waals surface area (Å²) in [5.41, 5.74) is 0.521. The van der Waals surface area contributed by atoms with E-state index >= 15 is 0 Å². The number of nitrogens with zero attached hydrogens (tertiary/aromatic N) is 1. The summed E-state index contributed by atoms with van der Waals surface area (Å²) in [6.45, 7) is -0.122. The summed E-state index contributed by atoms with van der Waals surface area (Å²) in [5, 5.41) is 0. The van der Waals surface area contributed by atoms with Crippen LogP contribution in [0.2, 0.25) is 0 Å². The number of rotatable bonds is 4. The van der Waals surface area contributed by atoms with E-state index in [1.54, 1.807) is 30.3 Å². The van der Waals surface area contributed by atoms with Crippen LogP contribution in [0.1, 0.15) is 10.4 Å². The molecule has 0 heterocycles. The first-order valence-corrected chi connectivity index (χ1v) is 6.25. The Bertz CT molecular complexity index is 439. The molecule has 1 aromatic carbocycles. The number of likely N-dealkylation sites (N-methyl/N-ethyl adjacent to an activating group) is 1. The normalized spacial score (nSPS) is 11.7. The molecule has 0 atom stereocenters. The number of ketones is 1. The molecule has 1 rings (SSSR count). The lowest BCUT2D eigenvalue weighted by atomic mass is 10.1. The van der Waals surface area contributed by atoms with Crippen LogP contribution in [-0.4, -0.2) is 38.4 Å². The second-order valence-corrected chi connectivity index (χ2v) is 5.40. The summed E-state index contributed by atoms with van der Waals surface area (Å²) in [4.78, 5) is 11.6. The van der Waals surface area contributed by atoms with Crippen molar-refractivity contribution in [2.24, 2.45) is 0 Å². The van der Waals surface area contributed by atoms with Crippen LogP contribution in [0, 0.1) is 0 Å². The molecule has 0 aromatic heterocycles. The standard InChI is InChI=1S/C10H13NO3S/c1-11(15(2,13)14)8-10(12)9-6-4-3-5-7-9/h3-7H,8H2,1-2H3. The van der Waals surface area contributed by atoms with Gasteiger partial charge >= 0.3 is 0 Å². The number of hydrogen-bond acceptors (Lipinski definition) is 3. The van der Waals surface area contributed by atoms with Crippen LogP contribution >= 0.6 is 0 Å². The van der Waals surface area contributed by atoms with Crippen molar-refractivity contribution in [3.8, 4) is 0 Å². The van der Waals surface area contributed by atoms with Gasteiger partial charge in [0.1, 0.15) is 0 Å². The fourth-order valence-electron chi connectivity index (χ4n) is 1.03. The predicted octanol–water partition coefficient (Wildman–Crippen LogP) is 0.761. The van der Waals surface area contributed by atoms with E-state index in [4.69, 9.17) is 0 Å². The molecule has 0 saturated carbocycles. The molecule has 0 aliphatic carbocycles. The topological polar surface area (TPSA) is 54.5 Å². The minimum atomic E-state index is -3.29. The quantitative estimate of drug-likeness (QED) is 0.714. The van der Waals surface area contributed by atoms with E-state index in [1.807, 2.05) is 0 Å². The Morgan fingerprint density at radius 1 is 1.27 bits per heavy atom. The second-order valence-electron chi connectivity index (χ2n) is 3.31. The summed E-state index contributed by atoms with van der Waals surface area (Å²) in [6.07, 6.45) is 1.07. The van der Waals surface area contributed by atoms with Crippen LogP contribution < -0.4 is 0 Å². The van der Waals surface area contributed by atoms with Crippen LogP contribution in [-0.2, 0) is 10.0 Å². The molecule has 0 saturated heterocycles.